The van der Waals surface area contributed by atoms with Crippen LogP contribution in [-0.4, -0.2) is 30.8 Å². The lowest BCUT2D eigenvalue weighted by atomic mass is 10.1. The third-order valence-corrected chi connectivity index (χ3v) is 6.53. The molecular formula is C20H24N2O2S. The van der Waals surface area contributed by atoms with Crippen molar-refractivity contribution >= 4 is 20.9 Å². The number of aromatic nitrogens is 1. The molecular weight excluding hydrogens is 332 g/mol. The maximum Gasteiger partial charge on any atom is 0.243 e. The van der Waals surface area contributed by atoms with Crippen LogP contribution in [0.1, 0.15) is 24.5 Å². The van der Waals surface area contributed by atoms with Gasteiger partial charge in [-0.25, -0.2) is 8.42 Å². The number of rotatable bonds is 7. The molecule has 0 spiro atoms. The predicted molar refractivity (Wildman–Crippen MR) is 102 cm³/mol. The Morgan fingerprint density at radius 3 is 2.48 bits per heavy atom. The van der Waals surface area contributed by atoms with Crippen LogP contribution in [0.3, 0.4) is 0 Å². The van der Waals surface area contributed by atoms with Crippen LogP contribution >= 0.6 is 0 Å². The monoisotopic (exact) mass is 356 g/mol. The highest BCUT2D eigenvalue weighted by Crippen LogP contribution is 2.20. The lowest BCUT2D eigenvalue weighted by molar-refractivity contribution is 0.421. The van der Waals surface area contributed by atoms with Gasteiger partial charge in [-0.3, -0.25) is 0 Å². The first-order valence-electron chi connectivity index (χ1n) is 8.64. The SMILES string of the molecule is CCN(CCCc1c[nH]c2ccccc12)S(=O)(=O)c1ccc(C)cc1. The summed E-state index contributed by atoms with van der Waals surface area (Å²) in [4.78, 5) is 3.64. The fourth-order valence-electron chi connectivity index (χ4n) is 3.09. The molecule has 0 radical (unpaired) electrons. The second kappa shape index (κ2) is 7.42. The maximum atomic E-state index is 12.8. The molecule has 0 unspecified atom stereocenters. The van der Waals surface area contributed by atoms with E-state index in [0.29, 0.717) is 18.0 Å². The number of hydrogen-bond acceptors (Lipinski definition) is 2. The van der Waals surface area contributed by atoms with Crippen LogP contribution in [0.2, 0.25) is 0 Å². The second-order valence-corrected chi connectivity index (χ2v) is 8.21. The van der Waals surface area contributed by atoms with Crippen molar-refractivity contribution in [3.8, 4) is 0 Å². The fraction of sp³-hybridized carbons (Fsp3) is 0.300. The largest absolute Gasteiger partial charge is 0.361 e. The van der Waals surface area contributed by atoms with Gasteiger partial charge in [-0.15, -0.1) is 0 Å². The minimum atomic E-state index is -3.43. The van der Waals surface area contributed by atoms with Crippen molar-refractivity contribution in [1.29, 1.82) is 0 Å². The first-order chi connectivity index (χ1) is 12.0. The first-order valence-corrected chi connectivity index (χ1v) is 10.1. The van der Waals surface area contributed by atoms with E-state index in [2.05, 4.69) is 17.1 Å². The number of para-hydroxylation sites is 1. The molecule has 5 heteroatoms. The van der Waals surface area contributed by atoms with Crippen molar-refractivity contribution in [3.63, 3.8) is 0 Å². The Morgan fingerprint density at radius 2 is 1.76 bits per heavy atom. The molecule has 0 saturated carbocycles. The number of nitrogens with one attached hydrogen (secondary N) is 1. The molecule has 0 bridgehead atoms. The van der Waals surface area contributed by atoms with E-state index in [-0.39, 0.29) is 0 Å². The summed E-state index contributed by atoms with van der Waals surface area (Å²) in [6, 6.07) is 15.2. The number of H-pyrrole nitrogens is 1. The zero-order valence-corrected chi connectivity index (χ0v) is 15.5. The van der Waals surface area contributed by atoms with E-state index in [1.165, 1.54) is 10.9 Å². The highest BCUT2D eigenvalue weighted by molar-refractivity contribution is 7.89. The van der Waals surface area contributed by atoms with Gasteiger partial charge in [-0.1, -0.05) is 42.8 Å². The lowest BCUT2D eigenvalue weighted by Crippen LogP contribution is -2.32. The minimum Gasteiger partial charge on any atom is -0.361 e. The summed E-state index contributed by atoms with van der Waals surface area (Å²) in [5, 5.41) is 1.21. The van der Waals surface area contributed by atoms with E-state index in [4.69, 9.17) is 0 Å². The Kier molecular flexibility index (Phi) is 5.25. The van der Waals surface area contributed by atoms with E-state index in [0.717, 1.165) is 23.9 Å². The van der Waals surface area contributed by atoms with Gasteiger partial charge in [0.25, 0.3) is 0 Å². The molecule has 3 rings (SSSR count). The standard InChI is InChI=1S/C20H24N2O2S/c1-3-22(25(23,24)18-12-10-16(2)11-13-18)14-6-7-17-15-21-20-9-5-4-8-19(17)20/h4-5,8-13,15,21H,3,6-7,14H2,1-2H3. The van der Waals surface area contributed by atoms with Gasteiger partial charge in [0.2, 0.25) is 10.0 Å². The second-order valence-electron chi connectivity index (χ2n) is 6.27. The molecule has 0 fully saturated rings. The summed E-state index contributed by atoms with van der Waals surface area (Å²) >= 11 is 0. The Morgan fingerprint density at radius 1 is 1.04 bits per heavy atom. The molecule has 0 aliphatic carbocycles. The van der Waals surface area contributed by atoms with Crippen LogP contribution in [0.4, 0.5) is 0 Å². The van der Waals surface area contributed by atoms with Crippen molar-refractivity contribution in [1.82, 2.24) is 9.29 Å². The normalized spacial score (nSPS) is 12.1. The van der Waals surface area contributed by atoms with Crippen molar-refractivity contribution in [3.05, 3.63) is 65.9 Å². The molecule has 2 aromatic carbocycles. The summed E-state index contributed by atoms with van der Waals surface area (Å²) in [6.45, 7) is 4.84. The highest BCUT2D eigenvalue weighted by atomic mass is 32.2. The van der Waals surface area contributed by atoms with E-state index in [1.807, 2.05) is 44.3 Å². The summed E-state index contributed by atoms with van der Waals surface area (Å²) in [6.07, 6.45) is 3.67. The van der Waals surface area contributed by atoms with Crippen LogP contribution in [0.15, 0.2) is 59.6 Å². The average Bonchev–Trinajstić information content (AvgIpc) is 3.02. The molecule has 1 heterocycles. The molecule has 0 aliphatic heterocycles. The summed E-state index contributed by atoms with van der Waals surface area (Å²) in [5.74, 6) is 0. The Hall–Kier alpha value is -2.11. The number of aromatic amines is 1. The Bertz CT molecular complexity index is 943. The van der Waals surface area contributed by atoms with Crippen molar-refractivity contribution < 1.29 is 8.42 Å². The summed E-state index contributed by atoms with van der Waals surface area (Å²) in [7, 11) is -3.43. The average molecular weight is 356 g/mol. The fourth-order valence-corrected chi connectivity index (χ4v) is 4.58. The molecule has 4 nitrogen and oxygen atoms in total. The number of sulfonamides is 1. The zero-order valence-electron chi connectivity index (χ0n) is 14.7. The third-order valence-electron chi connectivity index (χ3n) is 4.54. The Balaban J connectivity index is 1.69. The van der Waals surface area contributed by atoms with Crippen molar-refractivity contribution in [2.75, 3.05) is 13.1 Å². The van der Waals surface area contributed by atoms with E-state index >= 15 is 0 Å². The van der Waals surface area contributed by atoms with Crippen molar-refractivity contribution in [2.24, 2.45) is 0 Å². The van der Waals surface area contributed by atoms with Gasteiger partial charge in [0.05, 0.1) is 4.90 Å². The van der Waals surface area contributed by atoms with Crippen LogP contribution in [0, 0.1) is 6.92 Å². The van der Waals surface area contributed by atoms with Crippen LogP contribution < -0.4 is 0 Å². The maximum absolute atomic E-state index is 12.8. The molecule has 0 saturated heterocycles. The number of benzene rings is 2. The molecule has 0 atom stereocenters. The minimum absolute atomic E-state index is 0.368. The number of fused-ring (bicyclic) bond motifs is 1. The van der Waals surface area contributed by atoms with E-state index in [1.54, 1.807) is 16.4 Å². The molecule has 25 heavy (non-hydrogen) atoms. The quantitative estimate of drug-likeness (QED) is 0.692. The highest BCUT2D eigenvalue weighted by Gasteiger charge is 2.22. The Labute approximate surface area is 149 Å². The van der Waals surface area contributed by atoms with Gasteiger partial charge >= 0.3 is 0 Å². The van der Waals surface area contributed by atoms with Crippen molar-refractivity contribution in [2.45, 2.75) is 31.6 Å². The van der Waals surface area contributed by atoms with E-state index in [9.17, 15) is 8.42 Å². The molecule has 3 aromatic rings. The summed E-state index contributed by atoms with van der Waals surface area (Å²) in [5.41, 5.74) is 3.41. The first kappa shape index (κ1) is 17.7. The predicted octanol–water partition coefficient (Wildman–Crippen LogP) is 4.12. The van der Waals surface area contributed by atoms with Crippen LogP contribution in [-0.2, 0) is 16.4 Å². The summed E-state index contributed by atoms with van der Waals surface area (Å²) < 4.78 is 27.2. The van der Waals surface area contributed by atoms with Gasteiger partial charge in [-0.2, -0.15) is 4.31 Å². The smallest absolute Gasteiger partial charge is 0.243 e. The van der Waals surface area contributed by atoms with Gasteiger partial charge in [0, 0.05) is 30.2 Å². The topological polar surface area (TPSA) is 53.2 Å². The van der Waals surface area contributed by atoms with E-state index < -0.39 is 10.0 Å². The molecule has 1 aromatic heterocycles. The molecule has 0 amide bonds. The van der Waals surface area contributed by atoms with Crippen LogP contribution in [0.5, 0.6) is 0 Å². The lowest BCUT2D eigenvalue weighted by Gasteiger charge is -2.20. The molecule has 1 N–H and O–H groups in total. The van der Waals surface area contributed by atoms with Gasteiger partial charge < -0.3 is 4.98 Å². The zero-order chi connectivity index (χ0) is 17.9. The van der Waals surface area contributed by atoms with Crippen LogP contribution in [0.25, 0.3) is 10.9 Å². The van der Waals surface area contributed by atoms with Gasteiger partial charge in [0.15, 0.2) is 0 Å². The molecule has 132 valence electrons. The number of nitrogens with zero attached hydrogens (tertiary/aromatic N) is 1. The van der Waals surface area contributed by atoms with Gasteiger partial charge in [0.1, 0.15) is 0 Å². The van der Waals surface area contributed by atoms with Gasteiger partial charge in [-0.05, 0) is 43.5 Å². The number of aryl methyl sites for hydroxylation is 2. The molecule has 0 aliphatic rings. The third kappa shape index (κ3) is 3.78. The number of hydrogen-bond donors (Lipinski definition) is 1.